The van der Waals surface area contributed by atoms with Gasteiger partial charge in [-0.3, -0.25) is 9.88 Å². The van der Waals surface area contributed by atoms with Gasteiger partial charge in [0.25, 0.3) is 0 Å². The Bertz CT molecular complexity index is 842. The molecule has 124 valence electrons. The molecule has 1 N–H and O–H groups in total. The number of hydrogen-bond acceptors (Lipinski definition) is 5. The van der Waals surface area contributed by atoms with E-state index in [2.05, 4.69) is 38.4 Å². The Balaban J connectivity index is 1.48. The van der Waals surface area contributed by atoms with Crippen LogP contribution in [0.1, 0.15) is 16.3 Å². The van der Waals surface area contributed by atoms with Gasteiger partial charge in [-0.25, -0.2) is 4.98 Å². The summed E-state index contributed by atoms with van der Waals surface area (Å²) in [4.78, 5) is 11.3. The first kappa shape index (κ1) is 15.7. The first-order valence-corrected chi connectivity index (χ1v) is 9.21. The molecule has 1 aromatic carbocycles. The summed E-state index contributed by atoms with van der Waals surface area (Å²) >= 11 is 1.70. The number of aryl methyl sites for hydroxylation is 1. The second-order valence-corrected chi connectivity index (χ2v) is 7.54. The summed E-state index contributed by atoms with van der Waals surface area (Å²) in [6.45, 7) is 4.50. The van der Waals surface area contributed by atoms with Gasteiger partial charge in [0.15, 0.2) is 0 Å². The highest BCUT2D eigenvalue weighted by Gasteiger charge is 2.31. The molecular formula is C19H21N3OS. The molecule has 4 nitrogen and oxygen atoms in total. The number of aliphatic hydroxyl groups excluding tert-OH is 1. The van der Waals surface area contributed by atoms with Gasteiger partial charge < -0.3 is 5.11 Å². The Labute approximate surface area is 145 Å². The minimum atomic E-state index is -0.280. The summed E-state index contributed by atoms with van der Waals surface area (Å²) in [6.07, 6.45) is 2.48. The number of para-hydroxylation sites is 1. The van der Waals surface area contributed by atoms with Crippen LogP contribution in [0.4, 0.5) is 0 Å². The fraction of sp³-hybridized carbons (Fsp3) is 0.368. The summed E-state index contributed by atoms with van der Waals surface area (Å²) in [5.74, 6) is 0.261. The van der Waals surface area contributed by atoms with E-state index in [4.69, 9.17) is 0 Å². The Morgan fingerprint density at radius 2 is 2.12 bits per heavy atom. The molecule has 24 heavy (non-hydrogen) atoms. The maximum absolute atomic E-state index is 10.5. The van der Waals surface area contributed by atoms with E-state index in [0.29, 0.717) is 0 Å². The Morgan fingerprint density at radius 3 is 2.96 bits per heavy atom. The number of β-amino-alcohol motifs (C(OH)–C–C–N with tert-alkyl or cyclic N) is 1. The fourth-order valence-corrected chi connectivity index (χ4v) is 4.37. The Morgan fingerprint density at radius 1 is 1.25 bits per heavy atom. The van der Waals surface area contributed by atoms with Gasteiger partial charge in [0, 0.05) is 41.7 Å². The van der Waals surface area contributed by atoms with Crippen LogP contribution >= 0.6 is 11.3 Å². The zero-order valence-corrected chi connectivity index (χ0v) is 14.5. The number of pyridine rings is 1. The van der Waals surface area contributed by atoms with Crippen LogP contribution in [0.15, 0.2) is 41.9 Å². The van der Waals surface area contributed by atoms with Crippen molar-refractivity contribution in [1.29, 1.82) is 0 Å². The van der Waals surface area contributed by atoms with Crippen molar-refractivity contribution in [2.45, 2.75) is 26.0 Å². The number of rotatable bonds is 4. The van der Waals surface area contributed by atoms with Gasteiger partial charge in [-0.05, 0) is 31.0 Å². The highest BCUT2D eigenvalue weighted by Crippen LogP contribution is 2.26. The lowest BCUT2D eigenvalue weighted by molar-refractivity contribution is 0.141. The molecule has 0 bridgehead atoms. The van der Waals surface area contributed by atoms with Crippen molar-refractivity contribution in [3.05, 3.63) is 58.2 Å². The van der Waals surface area contributed by atoms with Gasteiger partial charge >= 0.3 is 0 Å². The van der Waals surface area contributed by atoms with Gasteiger partial charge in [-0.15, -0.1) is 11.3 Å². The lowest BCUT2D eigenvalue weighted by atomic mass is 9.94. The summed E-state index contributed by atoms with van der Waals surface area (Å²) in [5.41, 5.74) is 3.38. The van der Waals surface area contributed by atoms with Crippen LogP contribution in [0.5, 0.6) is 0 Å². The van der Waals surface area contributed by atoms with E-state index >= 15 is 0 Å². The van der Waals surface area contributed by atoms with Crippen molar-refractivity contribution in [3.63, 3.8) is 0 Å². The van der Waals surface area contributed by atoms with E-state index in [-0.39, 0.29) is 12.0 Å². The number of likely N-dealkylation sites (tertiary alicyclic amines) is 1. The van der Waals surface area contributed by atoms with E-state index in [1.54, 1.807) is 11.3 Å². The standard InChI is InChI=1S/C19H21N3OS/c1-13-12-24-19(21-13)11-22-9-15(18(23)10-22)8-14-6-7-20-17-5-3-2-4-16(14)17/h2-7,12,15,18,23H,8-11H2,1H3/t15-,18-/m1/s1. The lowest BCUT2D eigenvalue weighted by Crippen LogP contribution is -2.21. The topological polar surface area (TPSA) is 49.2 Å². The van der Waals surface area contributed by atoms with Crippen LogP contribution in [0.2, 0.25) is 0 Å². The summed E-state index contributed by atoms with van der Waals surface area (Å²) in [7, 11) is 0. The average molecular weight is 339 g/mol. The quantitative estimate of drug-likeness (QED) is 0.794. The summed E-state index contributed by atoms with van der Waals surface area (Å²) in [6, 6.07) is 10.3. The van der Waals surface area contributed by atoms with Crippen LogP contribution in [0, 0.1) is 12.8 Å². The van der Waals surface area contributed by atoms with Gasteiger partial charge in [0.05, 0.1) is 18.2 Å². The molecule has 1 aliphatic rings. The molecule has 0 saturated carbocycles. The molecule has 3 heterocycles. The highest BCUT2D eigenvalue weighted by atomic mass is 32.1. The molecule has 0 amide bonds. The minimum Gasteiger partial charge on any atom is -0.391 e. The number of nitrogens with zero attached hydrogens (tertiary/aromatic N) is 3. The van der Waals surface area contributed by atoms with E-state index in [1.165, 1.54) is 10.9 Å². The van der Waals surface area contributed by atoms with Crippen molar-refractivity contribution in [2.75, 3.05) is 13.1 Å². The first-order valence-electron chi connectivity index (χ1n) is 8.33. The number of aliphatic hydroxyl groups is 1. The second kappa shape index (κ2) is 6.59. The fourth-order valence-electron chi connectivity index (χ4n) is 3.55. The molecule has 2 aromatic heterocycles. The van der Waals surface area contributed by atoms with Gasteiger partial charge in [0.2, 0.25) is 0 Å². The average Bonchev–Trinajstić information content (AvgIpc) is 3.14. The van der Waals surface area contributed by atoms with Crippen molar-refractivity contribution in [3.8, 4) is 0 Å². The van der Waals surface area contributed by atoms with Gasteiger partial charge in [-0.1, -0.05) is 18.2 Å². The molecule has 0 radical (unpaired) electrons. The maximum atomic E-state index is 10.5. The van der Waals surface area contributed by atoms with Gasteiger partial charge in [0.1, 0.15) is 5.01 Å². The number of hydrogen-bond donors (Lipinski definition) is 1. The van der Waals surface area contributed by atoms with Crippen molar-refractivity contribution < 1.29 is 5.11 Å². The summed E-state index contributed by atoms with van der Waals surface area (Å²) < 4.78 is 0. The minimum absolute atomic E-state index is 0.261. The molecule has 5 heteroatoms. The predicted molar refractivity (Wildman–Crippen MR) is 97.1 cm³/mol. The molecule has 0 aliphatic carbocycles. The first-order chi connectivity index (χ1) is 11.7. The van der Waals surface area contributed by atoms with Crippen molar-refractivity contribution in [1.82, 2.24) is 14.9 Å². The maximum Gasteiger partial charge on any atom is 0.107 e. The van der Waals surface area contributed by atoms with E-state index in [1.807, 2.05) is 25.3 Å². The third-order valence-corrected chi connectivity index (χ3v) is 5.68. The molecule has 4 rings (SSSR count). The molecule has 2 atom stereocenters. The monoisotopic (exact) mass is 339 g/mol. The van der Waals surface area contributed by atoms with Crippen molar-refractivity contribution in [2.24, 2.45) is 5.92 Å². The molecule has 0 spiro atoms. The SMILES string of the molecule is Cc1csc(CN2C[C@@H](Cc3ccnc4ccccc34)[C@H](O)C2)n1. The third kappa shape index (κ3) is 3.20. The van der Waals surface area contributed by atoms with Crippen LogP contribution in [0.25, 0.3) is 10.9 Å². The molecule has 1 saturated heterocycles. The number of aromatic nitrogens is 2. The van der Waals surface area contributed by atoms with E-state index in [9.17, 15) is 5.11 Å². The molecule has 3 aromatic rings. The van der Waals surface area contributed by atoms with Crippen molar-refractivity contribution >= 4 is 22.2 Å². The second-order valence-electron chi connectivity index (χ2n) is 6.60. The number of fused-ring (bicyclic) bond motifs is 1. The Kier molecular flexibility index (Phi) is 4.31. The summed E-state index contributed by atoms with van der Waals surface area (Å²) in [5, 5.41) is 14.9. The van der Waals surface area contributed by atoms with Crippen LogP contribution in [-0.2, 0) is 13.0 Å². The van der Waals surface area contributed by atoms with Crippen LogP contribution < -0.4 is 0 Å². The molecular weight excluding hydrogens is 318 g/mol. The third-order valence-electron chi connectivity index (χ3n) is 4.73. The van der Waals surface area contributed by atoms with E-state index in [0.717, 1.165) is 42.3 Å². The lowest BCUT2D eigenvalue weighted by Gasteiger charge is -2.15. The molecule has 0 unspecified atom stereocenters. The number of benzene rings is 1. The Hall–Kier alpha value is -1.82. The largest absolute Gasteiger partial charge is 0.391 e. The smallest absolute Gasteiger partial charge is 0.107 e. The predicted octanol–water partition coefficient (Wildman–Crippen LogP) is 3.04. The molecule has 1 aliphatic heterocycles. The zero-order chi connectivity index (χ0) is 16.5. The van der Waals surface area contributed by atoms with Crippen LogP contribution in [0.3, 0.4) is 0 Å². The van der Waals surface area contributed by atoms with Crippen LogP contribution in [-0.4, -0.2) is 39.2 Å². The molecule has 1 fully saturated rings. The zero-order valence-electron chi connectivity index (χ0n) is 13.7. The normalized spacial score (nSPS) is 21.6. The highest BCUT2D eigenvalue weighted by molar-refractivity contribution is 7.09. The number of thiazole rings is 1. The van der Waals surface area contributed by atoms with E-state index < -0.39 is 0 Å². The van der Waals surface area contributed by atoms with Gasteiger partial charge in [-0.2, -0.15) is 0 Å².